The van der Waals surface area contributed by atoms with Crippen molar-refractivity contribution in [3.05, 3.63) is 23.8 Å². The number of aromatic nitrogens is 2. The predicted molar refractivity (Wildman–Crippen MR) is 65.7 cm³/mol. The van der Waals surface area contributed by atoms with Crippen molar-refractivity contribution < 1.29 is 8.42 Å². The van der Waals surface area contributed by atoms with Crippen LogP contribution in [0.3, 0.4) is 0 Å². The second kappa shape index (κ2) is 6.63. The Kier molecular flexibility index (Phi) is 5.46. The van der Waals surface area contributed by atoms with Crippen molar-refractivity contribution in [3.63, 3.8) is 0 Å². The van der Waals surface area contributed by atoms with Crippen molar-refractivity contribution in [2.45, 2.75) is 26.3 Å². The zero-order valence-electron chi connectivity index (χ0n) is 9.89. The van der Waals surface area contributed by atoms with Gasteiger partial charge in [0.25, 0.3) is 0 Å². The molecule has 0 aliphatic rings. The van der Waals surface area contributed by atoms with E-state index in [1.807, 2.05) is 6.92 Å². The molecular weight excluding hydrogens is 240 g/mol. The van der Waals surface area contributed by atoms with Crippen LogP contribution < -0.4 is 10.5 Å². The lowest BCUT2D eigenvalue weighted by Gasteiger charge is -2.05. The van der Waals surface area contributed by atoms with Crippen LogP contribution in [0.25, 0.3) is 0 Å². The Hall–Kier alpha value is -1.05. The van der Waals surface area contributed by atoms with Crippen molar-refractivity contribution >= 4 is 10.0 Å². The maximum absolute atomic E-state index is 11.5. The molecule has 0 saturated carbocycles. The van der Waals surface area contributed by atoms with Gasteiger partial charge in [-0.15, -0.1) is 0 Å². The van der Waals surface area contributed by atoms with E-state index < -0.39 is 10.0 Å². The first-order valence-corrected chi connectivity index (χ1v) is 7.13. The number of nitrogens with two attached hydrogens (primary N) is 1. The van der Waals surface area contributed by atoms with Crippen LogP contribution in [-0.2, 0) is 16.6 Å². The first-order valence-electron chi connectivity index (χ1n) is 5.48. The normalized spacial score (nSPS) is 11.6. The van der Waals surface area contributed by atoms with Gasteiger partial charge in [-0.1, -0.05) is 0 Å². The molecule has 0 aliphatic heterocycles. The van der Waals surface area contributed by atoms with Crippen LogP contribution in [0.4, 0.5) is 0 Å². The summed E-state index contributed by atoms with van der Waals surface area (Å²) in [4.78, 5) is 8.11. The Morgan fingerprint density at radius 2 is 2.06 bits per heavy atom. The minimum atomic E-state index is -3.24. The molecule has 0 aliphatic carbocycles. The van der Waals surface area contributed by atoms with E-state index in [1.54, 1.807) is 12.4 Å². The topological polar surface area (TPSA) is 98.0 Å². The molecule has 0 radical (unpaired) electrons. The smallest absolute Gasteiger partial charge is 0.211 e. The monoisotopic (exact) mass is 258 g/mol. The van der Waals surface area contributed by atoms with Crippen molar-refractivity contribution in [3.8, 4) is 0 Å². The molecule has 0 spiro atoms. The number of hydrogen-bond acceptors (Lipinski definition) is 5. The average Bonchev–Trinajstić information content (AvgIpc) is 2.29. The fourth-order valence-corrected chi connectivity index (χ4v) is 2.30. The zero-order valence-corrected chi connectivity index (χ0v) is 10.7. The summed E-state index contributed by atoms with van der Waals surface area (Å²) in [5, 5.41) is 0. The van der Waals surface area contributed by atoms with Crippen LogP contribution >= 0.6 is 0 Å². The van der Waals surface area contributed by atoms with E-state index in [-0.39, 0.29) is 12.3 Å². The van der Waals surface area contributed by atoms with Crippen molar-refractivity contribution in [2.75, 3.05) is 12.3 Å². The fourth-order valence-electron chi connectivity index (χ4n) is 1.20. The molecule has 1 rings (SSSR count). The largest absolute Gasteiger partial charge is 0.330 e. The van der Waals surface area contributed by atoms with Gasteiger partial charge in [0.15, 0.2) is 0 Å². The SMILES string of the molecule is Cc1cnc(CNS(=O)(=O)CCCCN)cn1. The van der Waals surface area contributed by atoms with E-state index in [9.17, 15) is 8.42 Å². The minimum absolute atomic E-state index is 0.101. The number of nitrogens with one attached hydrogen (secondary N) is 1. The summed E-state index contributed by atoms with van der Waals surface area (Å²) in [5.74, 6) is 0.101. The molecule has 0 unspecified atom stereocenters. The highest BCUT2D eigenvalue weighted by Gasteiger charge is 2.09. The third-order valence-corrected chi connectivity index (χ3v) is 3.59. The lowest BCUT2D eigenvalue weighted by Crippen LogP contribution is -2.26. The molecule has 96 valence electrons. The van der Waals surface area contributed by atoms with E-state index in [1.165, 1.54) is 0 Å². The van der Waals surface area contributed by atoms with Crippen LogP contribution in [0.15, 0.2) is 12.4 Å². The van der Waals surface area contributed by atoms with Gasteiger partial charge in [-0.3, -0.25) is 9.97 Å². The average molecular weight is 258 g/mol. The molecule has 3 N–H and O–H groups in total. The standard InChI is InChI=1S/C10H18N4O2S/c1-9-6-13-10(7-12-9)8-14-17(15,16)5-3-2-4-11/h6-7,14H,2-5,8,11H2,1H3. The van der Waals surface area contributed by atoms with E-state index in [0.29, 0.717) is 25.1 Å². The molecule has 7 heteroatoms. The van der Waals surface area contributed by atoms with Crippen LogP contribution in [0, 0.1) is 6.92 Å². The van der Waals surface area contributed by atoms with Crippen LogP contribution in [-0.4, -0.2) is 30.7 Å². The van der Waals surface area contributed by atoms with Gasteiger partial charge in [0, 0.05) is 6.20 Å². The summed E-state index contributed by atoms with van der Waals surface area (Å²) in [6.45, 7) is 2.52. The molecule has 1 heterocycles. The second-order valence-electron chi connectivity index (χ2n) is 3.78. The van der Waals surface area contributed by atoms with E-state index in [4.69, 9.17) is 5.73 Å². The first-order chi connectivity index (χ1) is 8.03. The highest BCUT2D eigenvalue weighted by Crippen LogP contribution is 1.97. The predicted octanol–water partition coefficient (Wildman–Crippen LogP) is -0.0567. The van der Waals surface area contributed by atoms with E-state index in [2.05, 4.69) is 14.7 Å². The van der Waals surface area contributed by atoms with Gasteiger partial charge >= 0.3 is 0 Å². The zero-order chi connectivity index (χ0) is 12.7. The van der Waals surface area contributed by atoms with Gasteiger partial charge in [-0.05, 0) is 26.3 Å². The summed E-state index contributed by atoms with van der Waals surface area (Å²) < 4.78 is 25.6. The van der Waals surface area contributed by atoms with E-state index >= 15 is 0 Å². The Balaban J connectivity index is 2.41. The highest BCUT2D eigenvalue weighted by molar-refractivity contribution is 7.89. The number of nitrogens with zero attached hydrogens (tertiary/aromatic N) is 2. The minimum Gasteiger partial charge on any atom is -0.330 e. The summed E-state index contributed by atoms with van der Waals surface area (Å²) in [7, 11) is -3.24. The number of rotatable bonds is 7. The van der Waals surface area contributed by atoms with Crippen LogP contribution in [0.5, 0.6) is 0 Å². The maximum atomic E-state index is 11.5. The summed E-state index contributed by atoms with van der Waals surface area (Å²) in [6.07, 6.45) is 4.46. The molecule has 1 aromatic rings. The lowest BCUT2D eigenvalue weighted by atomic mass is 10.3. The van der Waals surface area contributed by atoms with Crippen molar-refractivity contribution in [1.29, 1.82) is 0 Å². The number of hydrogen-bond donors (Lipinski definition) is 2. The summed E-state index contributed by atoms with van der Waals surface area (Å²) >= 11 is 0. The third kappa shape index (κ3) is 5.71. The molecule has 0 aromatic carbocycles. The van der Waals surface area contributed by atoms with Gasteiger partial charge < -0.3 is 5.73 Å². The molecule has 1 aromatic heterocycles. The fraction of sp³-hybridized carbons (Fsp3) is 0.600. The van der Waals surface area contributed by atoms with Crippen molar-refractivity contribution in [2.24, 2.45) is 5.73 Å². The quantitative estimate of drug-likeness (QED) is 0.668. The maximum Gasteiger partial charge on any atom is 0.211 e. The third-order valence-electron chi connectivity index (χ3n) is 2.17. The molecule has 0 amide bonds. The van der Waals surface area contributed by atoms with Gasteiger partial charge in [0.1, 0.15) is 0 Å². The number of sulfonamides is 1. The van der Waals surface area contributed by atoms with Gasteiger partial charge in [0.2, 0.25) is 10.0 Å². The van der Waals surface area contributed by atoms with Gasteiger partial charge in [-0.2, -0.15) is 0 Å². The second-order valence-corrected chi connectivity index (χ2v) is 5.71. The Labute approximate surface area is 102 Å². The molecule has 6 nitrogen and oxygen atoms in total. The molecule has 0 fully saturated rings. The molecule has 0 saturated heterocycles. The van der Waals surface area contributed by atoms with Crippen molar-refractivity contribution in [1.82, 2.24) is 14.7 Å². The van der Waals surface area contributed by atoms with Crippen LogP contribution in [0.1, 0.15) is 24.2 Å². The molecule has 17 heavy (non-hydrogen) atoms. The highest BCUT2D eigenvalue weighted by atomic mass is 32.2. The van der Waals surface area contributed by atoms with Crippen LogP contribution in [0.2, 0.25) is 0 Å². The number of unbranched alkanes of at least 4 members (excludes halogenated alkanes) is 1. The lowest BCUT2D eigenvalue weighted by molar-refractivity contribution is 0.576. The first kappa shape index (κ1) is 14.0. The van der Waals surface area contributed by atoms with Gasteiger partial charge in [-0.25, -0.2) is 13.1 Å². The number of aryl methyl sites for hydroxylation is 1. The molecule has 0 bridgehead atoms. The van der Waals surface area contributed by atoms with Gasteiger partial charge in [0.05, 0.1) is 29.9 Å². The summed E-state index contributed by atoms with van der Waals surface area (Å²) in [6, 6.07) is 0. The molecule has 0 atom stereocenters. The Bertz CT molecular complexity index is 430. The summed E-state index contributed by atoms with van der Waals surface area (Å²) in [5.41, 5.74) is 6.72. The molecular formula is C10H18N4O2S. The Morgan fingerprint density at radius 1 is 1.29 bits per heavy atom. The Morgan fingerprint density at radius 3 is 2.65 bits per heavy atom. The van der Waals surface area contributed by atoms with E-state index in [0.717, 1.165) is 5.69 Å².